The van der Waals surface area contributed by atoms with Crippen molar-refractivity contribution in [3.63, 3.8) is 0 Å². The predicted molar refractivity (Wildman–Crippen MR) is 250 cm³/mol. The molecular formula is C58H43NO. The lowest BCUT2D eigenvalue weighted by molar-refractivity contribution is 0.490. The quantitative estimate of drug-likeness (QED) is 0.177. The van der Waals surface area contributed by atoms with E-state index in [1.807, 2.05) is 0 Å². The molecule has 0 radical (unpaired) electrons. The van der Waals surface area contributed by atoms with Crippen molar-refractivity contribution in [2.45, 2.75) is 38.5 Å². The summed E-state index contributed by atoms with van der Waals surface area (Å²) in [5, 5.41) is 2.41. The van der Waals surface area contributed by atoms with Crippen LogP contribution in [0.2, 0.25) is 0 Å². The molecule has 60 heavy (non-hydrogen) atoms. The molecule has 0 spiro atoms. The van der Waals surface area contributed by atoms with E-state index in [1.54, 1.807) is 0 Å². The summed E-state index contributed by atoms with van der Waals surface area (Å²) in [5.41, 5.74) is 20.1. The van der Waals surface area contributed by atoms with Gasteiger partial charge in [-0.2, -0.15) is 0 Å². The van der Waals surface area contributed by atoms with E-state index >= 15 is 0 Å². The second-order valence-corrected chi connectivity index (χ2v) is 17.7. The molecule has 0 atom stereocenters. The van der Waals surface area contributed by atoms with Crippen LogP contribution >= 0.6 is 0 Å². The zero-order valence-electron chi connectivity index (χ0n) is 34.3. The van der Waals surface area contributed by atoms with E-state index < -0.39 is 0 Å². The summed E-state index contributed by atoms with van der Waals surface area (Å²) in [6.45, 7) is 9.45. The lowest BCUT2D eigenvalue weighted by Crippen LogP contribution is -2.18. The summed E-state index contributed by atoms with van der Waals surface area (Å²) in [7, 11) is 0. The molecule has 0 aromatic heterocycles. The van der Waals surface area contributed by atoms with E-state index in [0.717, 1.165) is 61.9 Å². The number of fused-ring (bicyclic) bond motifs is 12. The zero-order chi connectivity index (χ0) is 40.3. The predicted octanol–water partition coefficient (Wildman–Crippen LogP) is 16.0. The summed E-state index contributed by atoms with van der Waals surface area (Å²) in [6.07, 6.45) is 0. The first kappa shape index (κ1) is 34.8. The van der Waals surface area contributed by atoms with Gasteiger partial charge in [0.25, 0.3) is 0 Å². The Balaban J connectivity index is 1.14. The second kappa shape index (κ2) is 12.7. The molecule has 0 saturated carbocycles. The minimum Gasteiger partial charge on any atom is -0.453 e. The Morgan fingerprint density at radius 1 is 0.333 bits per heavy atom. The topological polar surface area (TPSA) is 12.5 Å². The number of ether oxygens (including phenoxy) is 1. The van der Waals surface area contributed by atoms with Gasteiger partial charge in [0.05, 0.1) is 5.69 Å². The highest BCUT2D eigenvalue weighted by molar-refractivity contribution is 6.03. The van der Waals surface area contributed by atoms with Crippen molar-refractivity contribution in [2.75, 3.05) is 4.90 Å². The Morgan fingerprint density at radius 3 is 1.37 bits per heavy atom. The van der Waals surface area contributed by atoms with E-state index in [9.17, 15) is 0 Å². The summed E-state index contributed by atoms with van der Waals surface area (Å²) in [4.78, 5) is 2.45. The fourth-order valence-electron chi connectivity index (χ4n) is 10.6. The van der Waals surface area contributed by atoms with Gasteiger partial charge in [-0.25, -0.2) is 0 Å². The smallest absolute Gasteiger partial charge is 0.159 e. The fraction of sp³-hybridized carbons (Fsp3) is 0.103. The molecule has 12 rings (SSSR count). The Bertz CT molecular complexity index is 3140. The monoisotopic (exact) mass is 769 g/mol. The van der Waals surface area contributed by atoms with Crippen LogP contribution in [0, 0.1) is 0 Å². The molecule has 9 aromatic rings. The van der Waals surface area contributed by atoms with Crippen LogP contribution in [0.1, 0.15) is 49.9 Å². The summed E-state index contributed by atoms with van der Waals surface area (Å²) in [6, 6.07) is 69.3. The van der Waals surface area contributed by atoms with Crippen molar-refractivity contribution in [3.8, 4) is 67.1 Å². The maximum absolute atomic E-state index is 7.58. The van der Waals surface area contributed by atoms with Crippen LogP contribution in [0.3, 0.4) is 0 Å². The molecule has 2 nitrogen and oxygen atoms in total. The third kappa shape index (κ3) is 4.94. The molecule has 0 saturated heterocycles. The molecular weight excluding hydrogens is 727 g/mol. The summed E-state index contributed by atoms with van der Waals surface area (Å²) >= 11 is 0. The average molecular weight is 770 g/mol. The molecule has 3 aliphatic rings. The molecule has 1 aliphatic heterocycles. The Labute approximate surface area is 352 Å². The Hall–Kier alpha value is -7.16. The largest absolute Gasteiger partial charge is 0.453 e. The number of nitrogens with zero attached hydrogens (tertiary/aromatic N) is 1. The number of benzene rings is 9. The van der Waals surface area contributed by atoms with E-state index in [2.05, 4.69) is 221 Å². The van der Waals surface area contributed by atoms with E-state index in [0.29, 0.717) is 0 Å². The molecule has 286 valence electrons. The number of anilines is 3. The van der Waals surface area contributed by atoms with Gasteiger partial charge >= 0.3 is 0 Å². The molecule has 0 amide bonds. The normalized spacial score (nSPS) is 14.4. The fourth-order valence-corrected chi connectivity index (χ4v) is 10.6. The molecule has 0 bridgehead atoms. The van der Waals surface area contributed by atoms with Crippen LogP contribution < -0.4 is 9.64 Å². The Morgan fingerprint density at radius 2 is 0.783 bits per heavy atom. The number of hydrogen-bond donors (Lipinski definition) is 0. The van der Waals surface area contributed by atoms with Gasteiger partial charge in [-0.15, -0.1) is 0 Å². The van der Waals surface area contributed by atoms with Gasteiger partial charge in [0.2, 0.25) is 0 Å². The zero-order valence-corrected chi connectivity index (χ0v) is 34.3. The van der Waals surface area contributed by atoms with Gasteiger partial charge in [-0.3, -0.25) is 0 Å². The van der Waals surface area contributed by atoms with Gasteiger partial charge in [0, 0.05) is 38.9 Å². The molecule has 0 N–H and O–H groups in total. The highest BCUT2D eigenvalue weighted by Crippen LogP contribution is 2.58. The van der Waals surface area contributed by atoms with Crippen molar-refractivity contribution in [1.82, 2.24) is 0 Å². The number of para-hydroxylation sites is 2. The molecule has 1 heterocycles. The molecule has 0 fully saturated rings. The van der Waals surface area contributed by atoms with Crippen LogP contribution in [0.4, 0.5) is 17.1 Å². The van der Waals surface area contributed by atoms with E-state index in [-0.39, 0.29) is 10.8 Å². The lowest BCUT2D eigenvalue weighted by Gasteiger charge is -2.31. The van der Waals surface area contributed by atoms with Crippen LogP contribution in [0.5, 0.6) is 11.5 Å². The maximum atomic E-state index is 7.58. The number of rotatable bonds is 4. The van der Waals surface area contributed by atoms with Crippen LogP contribution in [-0.2, 0) is 10.8 Å². The number of hydrogen-bond acceptors (Lipinski definition) is 2. The van der Waals surface area contributed by atoms with Crippen molar-refractivity contribution in [2.24, 2.45) is 0 Å². The van der Waals surface area contributed by atoms with Crippen molar-refractivity contribution in [1.29, 1.82) is 0 Å². The van der Waals surface area contributed by atoms with Gasteiger partial charge in [-0.05, 0) is 114 Å². The molecule has 0 unspecified atom stereocenters. The Kier molecular flexibility index (Phi) is 7.36. The standard InChI is InChI=1S/C58H43NO/c1-57(2)50-25-12-10-20-42(50)44-30-28-39(34-52(44)57)59(40-29-31-45-43-21-11-13-26-51(43)58(3,4)53(45)35-40)54-27-15-24-47-49-33-38-19-9-8-18-37(38)32-48(49)46-23-14-22-41(55(46)60-56(47)54)36-16-6-5-7-17-36/h5-35H,1-4H3. The first-order valence-corrected chi connectivity index (χ1v) is 21.1. The maximum Gasteiger partial charge on any atom is 0.159 e. The van der Waals surface area contributed by atoms with E-state index in [4.69, 9.17) is 4.74 Å². The second-order valence-electron chi connectivity index (χ2n) is 17.7. The highest BCUT2D eigenvalue weighted by Gasteiger charge is 2.38. The highest BCUT2D eigenvalue weighted by atomic mass is 16.5. The molecule has 9 aromatic carbocycles. The van der Waals surface area contributed by atoms with Gasteiger partial charge in [0.1, 0.15) is 5.75 Å². The SMILES string of the molecule is CC1(C)c2ccccc2-c2ccc(N(c3ccc4c(c3)C(C)(C)c3ccccc3-4)c3cccc4c3Oc3c(-c5ccccc5)cccc3-c3cc5ccccc5cc3-4)cc21. The summed E-state index contributed by atoms with van der Waals surface area (Å²) < 4.78 is 7.58. The first-order chi connectivity index (χ1) is 29.3. The first-order valence-electron chi connectivity index (χ1n) is 21.1. The average Bonchev–Trinajstić information content (AvgIpc) is 3.58. The summed E-state index contributed by atoms with van der Waals surface area (Å²) in [5.74, 6) is 1.70. The third-order valence-corrected chi connectivity index (χ3v) is 13.7. The van der Waals surface area contributed by atoms with Crippen molar-refractivity contribution < 1.29 is 4.74 Å². The molecule has 2 aliphatic carbocycles. The van der Waals surface area contributed by atoms with Gasteiger partial charge < -0.3 is 9.64 Å². The minimum absolute atomic E-state index is 0.164. The van der Waals surface area contributed by atoms with Gasteiger partial charge in [0.15, 0.2) is 5.75 Å². The lowest BCUT2D eigenvalue weighted by atomic mass is 9.82. The molecule has 2 heteroatoms. The minimum atomic E-state index is -0.164. The van der Waals surface area contributed by atoms with Crippen molar-refractivity contribution >= 4 is 27.8 Å². The van der Waals surface area contributed by atoms with Crippen LogP contribution in [0.15, 0.2) is 188 Å². The van der Waals surface area contributed by atoms with Gasteiger partial charge in [-0.1, -0.05) is 173 Å². The van der Waals surface area contributed by atoms with Crippen molar-refractivity contribution in [3.05, 3.63) is 210 Å². The third-order valence-electron chi connectivity index (χ3n) is 13.7. The van der Waals surface area contributed by atoms with Crippen LogP contribution in [0.25, 0.3) is 66.4 Å². The van der Waals surface area contributed by atoms with Crippen LogP contribution in [-0.4, -0.2) is 0 Å². The van der Waals surface area contributed by atoms with E-state index in [1.165, 1.54) is 55.3 Å².